The number of nitrogens with zero attached hydrogens (tertiary/aromatic N) is 1. The summed E-state index contributed by atoms with van der Waals surface area (Å²) in [7, 11) is 1.62. The maximum absolute atomic E-state index is 14.0. The number of ketones is 1. The number of methoxy groups -OCH3 is 1. The summed E-state index contributed by atoms with van der Waals surface area (Å²) in [5.74, 6) is 1.40. The zero-order chi connectivity index (χ0) is 25.2. The van der Waals surface area contributed by atoms with Crippen molar-refractivity contribution in [1.29, 1.82) is 0 Å². The second-order valence-electron chi connectivity index (χ2n) is 9.10. The Labute approximate surface area is 211 Å². The predicted octanol–water partition coefficient (Wildman–Crippen LogP) is 6.01. The fourth-order valence-corrected chi connectivity index (χ4v) is 5.36. The number of fused-ring (bicyclic) bond motifs is 1. The van der Waals surface area contributed by atoms with E-state index in [0.717, 1.165) is 39.7 Å². The van der Waals surface area contributed by atoms with Crippen molar-refractivity contribution in [2.24, 2.45) is 0 Å². The van der Waals surface area contributed by atoms with Crippen LogP contribution in [0.3, 0.4) is 0 Å². The molecule has 6 nitrogen and oxygen atoms in total. The highest BCUT2D eigenvalue weighted by Gasteiger charge is 2.41. The maximum atomic E-state index is 14.0. The minimum Gasteiger partial charge on any atom is -0.497 e. The standard InChI is InChI=1S/C30H30N2O4/c1-4-36-28-12-8-5-9-23(28)21-17-25-29(27(34)18-21)30(20-13-15-22(35-3)16-14-20)32(19(2)33)26-11-7-6-10-24(26)31-25/h5-16,21,30-31H,4,17-18H2,1-3H3/t21-,30-/m1/s1. The number of rotatable bonds is 5. The molecular formula is C30H30N2O4. The number of hydrogen-bond donors (Lipinski definition) is 1. The molecule has 1 amide bonds. The van der Waals surface area contributed by atoms with E-state index in [-0.39, 0.29) is 17.6 Å². The summed E-state index contributed by atoms with van der Waals surface area (Å²) >= 11 is 0. The normalized spacial score (nSPS) is 19.1. The molecule has 0 radical (unpaired) electrons. The predicted molar refractivity (Wildman–Crippen MR) is 141 cm³/mol. The third kappa shape index (κ3) is 4.24. The number of para-hydroxylation sites is 3. The van der Waals surface area contributed by atoms with Gasteiger partial charge in [0.25, 0.3) is 0 Å². The first-order valence-corrected chi connectivity index (χ1v) is 12.3. The lowest BCUT2D eigenvalue weighted by Gasteiger charge is -2.34. The van der Waals surface area contributed by atoms with Crippen molar-refractivity contribution >= 4 is 23.1 Å². The van der Waals surface area contributed by atoms with E-state index >= 15 is 0 Å². The van der Waals surface area contributed by atoms with Crippen LogP contribution < -0.4 is 19.7 Å². The molecule has 0 bridgehead atoms. The Morgan fingerprint density at radius 1 is 1.00 bits per heavy atom. The van der Waals surface area contributed by atoms with Gasteiger partial charge in [-0.15, -0.1) is 0 Å². The monoisotopic (exact) mass is 482 g/mol. The number of nitrogens with one attached hydrogen (secondary N) is 1. The van der Waals surface area contributed by atoms with Crippen LogP contribution in [0.25, 0.3) is 0 Å². The molecule has 6 heteroatoms. The summed E-state index contributed by atoms with van der Waals surface area (Å²) < 4.78 is 11.2. The van der Waals surface area contributed by atoms with E-state index in [2.05, 4.69) is 5.32 Å². The zero-order valence-electron chi connectivity index (χ0n) is 20.8. The van der Waals surface area contributed by atoms with Gasteiger partial charge in [0.05, 0.1) is 31.1 Å². The van der Waals surface area contributed by atoms with E-state index in [1.165, 1.54) is 0 Å². The number of ether oxygens (including phenoxy) is 2. The molecule has 1 aliphatic carbocycles. The zero-order valence-corrected chi connectivity index (χ0v) is 20.8. The smallest absolute Gasteiger partial charge is 0.224 e. The first kappa shape index (κ1) is 23.7. The Balaban J connectivity index is 1.67. The third-order valence-corrected chi connectivity index (χ3v) is 6.92. The highest BCUT2D eigenvalue weighted by atomic mass is 16.5. The molecule has 2 atom stereocenters. The lowest BCUT2D eigenvalue weighted by Crippen LogP contribution is -2.37. The highest BCUT2D eigenvalue weighted by molar-refractivity contribution is 6.06. The van der Waals surface area contributed by atoms with Gasteiger partial charge in [-0.1, -0.05) is 42.5 Å². The molecule has 0 saturated heterocycles. The SMILES string of the molecule is CCOc1ccccc1[C@H]1CC(=O)C2=C(C1)Nc1ccccc1N(C(C)=O)[C@@H]2c1ccc(OC)cc1. The van der Waals surface area contributed by atoms with Crippen molar-refractivity contribution in [3.8, 4) is 11.5 Å². The molecule has 0 fully saturated rings. The van der Waals surface area contributed by atoms with E-state index in [0.29, 0.717) is 25.0 Å². The van der Waals surface area contributed by atoms with Crippen molar-refractivity contribution in [1.82, 2.24) is 0 Å². The first-order valence-electron chi connectivity index (χ1n) is 12.3. The Hall–Kier alpha value is -4.06. The quantitative estimate of drug-likeness (QED) is 0.482. The highest BCUT2D eigenvalue weighted by Crippen LogP contribution is 2.48. The Kier molecular flexibility index (Phi) is 6.51. The van der Waals surface area contributed by atoms with Gasteiger partial charge in [-0.25, -0.2) is 0 Å². The van der Waals surface area contributed by atoms with E-state index in [4.69, 9.17) is 9.47 Å². The maximum Gasteiger partial charge on any atom is 0.224 e. The van der Waals surface area contributed by atoms with E-state index < -0.39 is 6.04 Å². The molecular weight excluding hydrogens is 452 g/mol. The number of carbonyl (C=O) groups is 2. The average molecular weight is 483 g/mol. The lowest BCUT2D eigenvalue weighted by molar-refractivity contribution is -0.117. The summed E-state index contributed by atoms with van der Waals surface area (Å²) in [5, 5.41) is 3.55. The molecule has 3 aromatic rings. The second-order valence-corrected chi connectivity index (χ2v) is 9.10. The van der Waals surface area contributed by atoms with Crippen LogP contribution in [0.15, 0.2) is 84.1 Å². The van der Waals surface area contributed by atoms with Crippen LogP contribution in [0, 0.1) is 0 Å². The minimum atomic E-state index is -0.546. The molecule has 36 heavy (non-hydrogen) atoms. The van der Waals surface area contributed by atoms with Gasteiger partial charge in [0, 0.05) is 30.5 Å². The molecule has 2 aliphatic rings. The van der Waals surface area contributed by atoms with Crippen LogP contribution in [0.2, 0.25) is 0 Å². The van der Waals surface area contributed by atoms with Crippen LogP contribution in [0.5, 0.6) is 11.5 Å². The number of allylic oxidation sites excluding steroid dienone is 1. The number of amides is 1. The van der Waals surface area contributed by atoms with Gasteiger partial charge in [0.2, 0.25) is 5.91 Å². The number of hydrogen-bond acceptors (Lipinski definition) is 5. The van der Waals surface area contributed by atoms with Crippen LogP contribution in [-0.2, 0) is 9.59 Å². The van der Waals surface area contributed by atoms with Crippen molar-refractivity contribution in [3.05, 3.63) is 95.2 Å². The molecule has 0 unspecified atom stereocenters. The number of Topliss-reactive ketones (excluding diaryl/α,β-unsaturated/α-hetero) is 1. The molecule has 184 valence electrons. The van der Waals surface area contributed by atoms with Crippen molar-refractivity contribution < 1.29 is 19.1 Å². The van der Waals surface area contributed by atoms with Crippen LogP contribution in [-0.4, -0.2) is 25.4 Å². The largest absolute Gasteiger partial charge is 0.497 e. The summed E-state index contributed by atoms with van der Waals surface area (Å²) in [6, 6.07) is 22.7. The van der Waals surface area contributed by atoms with Gasteiger partial charge in [0.1, 0.15) is 11.5 Å². The molecule has 3 aromatic carbocycles. The van der Waals surface area contributed by atoms with E-state index in [1.54, 1.807) is 18.9 Å². The molecule has 0 aromatic heterocycles. The number of anilines is 2. The van der Waals surface area contributed by atoms with Gasteiger partial charge in [-0.2, -0.15) is 0 Å². The molecule has 1 aliphatic heterocycles. The Bertz CT molecular complexity index is 1330. The van der Waals surface area contributed by atoms with Crippen LogP contribution in [0.4, 0.5) is 11.4 Å². The van der Waals surface area contributed by atoms with Gasteiger partial charge >= 0.3 is 0 Å². The van der Waals surface area contributed by atoms with Gasteiger partial charge in [0.15, 0.2) is 5.78 Å². The summed E-state index contributed by atoms with van der Waals surface area (Å²) in [4.78, 5) is 28.8. The molecule has 1 N–H and O–H groups in total. The number of benzene rings is 3. The summed E-state index contributed by atoms with van der Waals surface area (Å²) in [6.45, 7) is 4.07. The molecule has 1 heterocycles. The third-order valence-electron chi connectivity index (χ3n) is 6.92. The molecule has 5 rings (SSSR count). The summed E-state index contributed by atoms with van der Waals surface area (Å²) in [6.07, 6.45) is 0.983. The van der Waals surface area contributed by atoms with Crippen molar-refractivity contribution in [3.63, 3.8) is 0 Å². The van der Waals surface area contributed by atoms with Crippen molar-refractivity contribution in [2.45, 2.75) is 38.6 Å². The van der Waals surface area contributed by atoms with Gasteiger partial charge < -0.3 is 14.8 Å². The lowest BCUT2D eigenvalue weighted by atomic mass is 9.78. The molecule has 0 saturated carbocycles. The number of carbonyl (C=O) groups excluding carboxylic acids is 2. The Morgan fingerprint density at radius 2 is 1.72 bits per heavy atom. The minimum absolute atomic E-state index is 0.0277. The fourth-order valence-electron chi connectivity index (χ4n) is 5.36. The average Bonchev–Trinajstić information content (AvgIpc) is 3.04. The summed E-state index contributed by atoms with van der Waals surface area (Å²) in [5.41, 5.74) is 4.93. The van der Waals surface area contributed by atoms with Gasteiger partial charge in [-0.3, -0.25) is 14.5 Å². The van der Waals surface area contributed by atoms with Crippen molar-refractivity contribution in [2.75, 3.05) is 23.9 Å². The fraction of sp³-hybridized carbons (Fsp3) is 0.267. The topological polar surface area (TPSA) is 67.9 Å². The van der Waals surface area contributed by atoms with E-state index in [1.807, 2.05) is 79.7 Å². The molecule has 0 spiro atoms. The van der Waals surface area contributed by atoms with E-state index in [9.17, 15) is 9.59 Å². The van der Waals surface area contributed by atoms with Gasteiger partial charge in [-0.05, 0) is 54.8 Å². The van der Waals surface area contributed by atoms with Crippen LogP contribution in [0.1, 0.15) is 49.8 Å². The second kappa shape index (κ2) is 9.90. The first-order chi connectivity index (χ1) is 17.5. The van der Waals surface area contributed by atoms with Crippen LogP contribution >= 0.6 is 0 Å². The Morgan fingerprint density at radius 3 is 2.44 bits per heavy atom.